The lowest BCUT2D eigenvalue weighted by Gasteiger charge is -2.10. The van der Waals surface area contributed by atoms with Crippen molar-refractivity contribution in [3.8, 4) is 0 Å². The van der Waals surface area contributed by atoms with E-state index in [1.165, 1.54) is 12.1 Å². The number of benzene rings is 1. The summed E-state index contributed by atoms with van der Waals surface area (Å²) in [5.41, 5.74) is 6.88. The molecule has 0 aliphatic rings. The van der Waals surface area contributed by atoms with Gasteiger partial charge in [-0.15, -0.1) is 0 Å². The molecule has 0 aliphatic carbocycles. The second-order valence-electron chi connectivity index (χ2n) is 4.13. The Labute approximate surface area is 95.7 Å². The zero-order valence-electron chi connectivity index (χ0n) is 9.79. The van der Waals surface area contributed by atoms with Crippen molar-refractivity contribution in [2.24, 2.45) is 5.73 Å². The quantitative estimate of drug-likeness (QED) is 0.780. The van der Waals surface area contributed by atoms with E-state index in [0.29, 0.717) is 12.0 Å². The molecule has 0 aliphatic heterocycles. The predicted octanol–water partition coefficient (Wildman–Crippen LogP) is 2.83. The van der Waals surface area contributed by atoms with Gasteiger partial charge >= 0.3 is 0 Å². The van der Waals surface area contributed by atoms with E-state index >= 15 is 0 Å². The smallest absolute Gasteiger partial charge is 0.179 e. The van der Waals surface area contributed by atoms with E-state index in [4.69, 9.17) is 5.73 Å². The number of Topliss-reactive ketones (excluding diaryl/α,β-unsaturated/α-hetero) is 1. The Bertz CT molecular complexity index is 356. The zero-order chi connectivity index (χ0) is 12.1. The average Bonchev–Trinajstić information content (AvgIpc) is 2.23. The van der Waals surface area contributed by atoms with Crippen LogP contribution in [0.4, 0.5) is 4.39 Å². The summed E-state index contributed by atoms with van der Waals surface area (Å²) >= 11 is 0. The minimum Gasteiger partial charge on any atom is -0.321 e. The summed E-state index contributed by atoms with van der Waals surface area (Å²) in [4.78, 5) is 11.9. The number of carbonyl (C=O) groups excluding carboxylic acids is 1. The average molecular weight is 223 g/mol. The fourth-order valence-corrected chi connectivity index (χ4v) is 1.65. The third kappa shape index (κ3) is 3.42. The summed E-state index contributed by atoms with van der Waals surface area (Å²) in [5, 5.41) is 0. The van der Waals surface area contributed by atoms with Gasteiger partial charge in [-0.05, 0) is 37.1 Å². The summed E-state index contributed by atoms with van der Waals surface area (Å²) in [6.45, 7) is 3.81. The van der Waals surface area contributed by atoms with Crippen LogP contribution in [-0.4, -0.2) is 11.8 Å². The maximum absolute atomic E-state index is 13.1. The number of hydrogen-bond acceptors (Lipinski definition) is 2. The molecule has 1 unspecified atom stereocenters. The fraction of sp³-hybridized carbons (Fsp3) is 0.462. The molecule has 88 valence electrons. The van der Waals surface area contributed by atoms with E-state index in [-0.39, 0.29) is 11.6 Å². The van der Waals surface area contributed by atoms with Crippen LogP contribution in [0.15, 0.2) is 18.2 Å². The Hall–Kier alpha value is -1.22. The SMILES string of the molecule is CCCCC(N)C(=O)c1cc(C)cc(F)c1. The normalized spacial score (nSPS) is 12.5. The van der Waals surface area contributed by atoms with E-state index in [0.717, 1.165) is 18.4 Å². The van der Waals surface area contributed by atoms with Gasteiger partial charge in [0.15, 0.2) is 5.78 Å². The molecule has 0 saturated heterocycles. The monoisotopic (exact) mass is 223 g/mol. The first-order valence-corrected chi connectivity index (χ1v) is 5.61. The van der Waals surface area contributed by atoms with Crippen LogP contribution < -0.4 is 5.73 Å². The number of nitrogens with two attached hydrogens (primary N) is 1. The van der Waals surface area contributed by atoms with Crippen molar-refractivity contribution in [1.82, 2.24) is 0 Å². The number of aryl methyl sites for hydroxylation is 1. The Kier molecular flexibility index (Phi) is 4.62. The van der Waals surface area contributed by atoms with E-state index in [1.54, 1.807) is 13.0 Å². The molecule has 3 heteroatoms. The van der Waals surface area contributed by atoms with E-state index < -0.39 is 6.04 Å². The van der Waals surface area contributed by atoms with Crippen LogP contribution >= 0.6 is 0 Å². The third-order valence-electron chi connectivity index (χ3n) is 2.53. The Morgan fingerprint density at radius 1 is 1.44 bits per heavy atom. The van der Waals surface area contributed by atoms with Gasteiger partial charge in [0.1, 0.15) is 5.82 Å². The zero-order valence-corrected chi connectivity index (χ0v) is 9.79. The van der Waals surface area contributed by atoms with Gasteiger partial charge in [0, 0.05) is 5.56 Å². The van der Waals surface area contributed by atoms with Gasteiger partial charge in [-0.2, -0.15) is 0 Å². The highest BCUT2D eigenvalue weighted by atomic mass is 19.1. The lowest BCUT2D eigenvalue weighted by atomic mass is 9.99. The number of unbranched alkanes of at least 4 members (excludes halogenated alkanes) is 1. The third-order valence-corrected chi connectivity index (χ3v) is 2.53. The number of ketones is 1. The molecule has 2 N–H and O–H groups in total. The molecule has 0 bridgehead atoms. The molecule has 2 nitrogen and oxygen atoms in total. The molecule has 0 heterocycles. The van der Waals surface area contributed by atoms with Gasteiger partial charge in [-0.25, -0.2) is 4.39 Å². The predicted molar refractivity (Wildman–Crippen MR) is 63.0 cm³/mol. The van der Waals surface area contributed by atoms with Gasteiger partial charge in [-0.1, -0.05) is 19.8 Å². The maximum atomic E-state index is 13.1. The largest absolute Gasteiger partial charge is 0.321 e. The lowest BCUT2D eigenvalue weighted by molar-refractivity contribution is 0.0955. The molecule has 0 aromatic heterocycles. The summed E-state index contributed by atoms with van der Waals surface area (Å²) < 4.78 is 13.1. The van der Waals surface area contributed by atoms with Crippen LogP contribution in [0.2, 0.25) is 0 Å². The number of rotatable bonds is 5. The van der Waals surface area contributed by atoms with Gasteiger partial charge in [0.2, 0.25) is 0 Å². The second kappa shape index (κ2) is 5.75. The van der Waals surface area contributed by atoms with Crippen LogP contribution in [-0.2, 0) is 0 Å². The minimum atomic E-state index is -0.513. The summed E-state index contributed by atoms with van der Waals surface area (Å²) in [7, 11) is 0. The van der Waals surface area contributed by atoms with Crippen LogP contribution in [0.1, 0.15) is 42.1 Å². The molecule has 1 rings (SSSR count). The molecule has 0 fully saturated rings. The second-order valence-corrected chi connectivity index (χ2v) is 4.13. The van der Waals surface area contributed by atoms with Crippen molar-refractivity contribution in [3.63, 3.8) is 0 Å². The van der Waals surface area contributed by atoms with E-state index in [9.17, 15) is 9.18 Å². The Morgan fingerprint density at radius 2 is 2.12 bits per heavy atom. The minimum absolute atomic E-state index is 0.170. The Morgan fingerprint density at radius 3 is 2.69 bits per heavy atom. The summed E-state index contributed by atoms with van der Waals surface area (Å²) in [6, 6.07) is 3.81. The first-order valence-electron chi connectivity index (χ1n) is 5.61. The molecular weight excluding hydrogens is 205 g/mol. The number of halogens is 1. The topological polar surface area (TPSA) is 43.1 Å². The molecule has 1 atom stereocenters. The van der Waals surface area contributed by atoms with Gasteiger partial charge < -0.3 is 5.73 Å². The molecular formula is C13H18FNO. The summed E-state index contributed by atoms with van der Waals surface area (Å²) in [6.07, 6.45) is 2.58. The first-order chi connectivity index (χ1) is 7.54. The lowest BCUT2D eigenvalue weighted by Crippen LogP contribution is -2.30. The fourth-order valence-electron chi connectivity index (χ4n) is 1.65. The van der Waals surface area contributed by atoms with Gasteiger partial charge in [-0.3, -0.25) is 4.79 Å². The first kappa shape index (κ1) is 12.8. The molecule has 0 amide bonds. The van der Waals surface area contributed by atoms with Crippen molar-refractivity contribution in [1.29, 1.82) is 0 Å². The van der Waals surface area contributed by atoms with Crippen LogP contribution in [0.3, 0.4) is 0 Å². The van der Waals surface area contributed by atoms with Crippen molar-refractivity contribution >= 4 is 5.78 Å². The summed E-state index contributed by atoms with van der Waals surface area (Å²) in [5.74, 6) is -0.554. The molecule has 16 heavy (non-hydrogen) atoms. The van der Waals surface area contributed by atoms with Crippen molar-refractivity contribution < 1.29 is 9.18 Å². The highest BCUT2D eigenvalue weighted by Gasteiger charge is 2.15. The highest BCUT2D eigenvalue weighted by Crippen LogP contribution is 2.12. The van der Waals surface area contributed by atoms with Gasteiger partial charge in [0.25, 0.3) is 0 Å². The number of carbonyl (C=O) groups is 1. The van der Waals surface area contributed by atoms with E-state index in [2.05, 4.69) is 0 Å². The van der Waals surface area contributed by atoms with Crippen LogP contribution in [0.5, 0.6) is 0 Å². The van der Waals surface area contributed by atoms with Crippen LogP contribution in [0, 0.1) is 12.7 Å². The van der Waals surface area contributed by atoms with Gasteiger partial charge in [0.05, 0.1) is 6.04 Å². The molecule has 0 radical (unpaired) electrons. The maximum Gasteiger partial charge on any atom is 0.179 e. The van der Waals surface area contributed by atoms with Crippen molar-refractivity contribution in [2.75, 3.05) is 0 Å². The highest BCUT2D eigenvalue weighted by molar-refractivity contribution is 6.00. The number of hydrogen-bond donors (Lipinski definition) is 1. The molecule has 0 spiro atoms. The Balaban J connectivity index is 2.79. The van der Waals surface area contributed by atoms with Crippen LogP contribution in [0.25, 0.3) is 0 Å². The van der Waals surface area contributed by atoms with Crippen molar-refractivity contribution in [3.05, 3.63) is 35.1 Å². The molecule has 0 saturated carbocycles. The standard InChI is InChI=1S/C13H18FNO/c1-3-4-5-12(15)13(16)10-6-9(2)7-11(14)8-10/h6-8,12H,3-5,15H2,1-2H3. The molecule has 1 aromatic carbocycles. The van der Waals surface area contributed by atoms with E-state index in [1.807, 2.05) is 6.92 Å². The van der Waals surface area contributed by atoms with Crippen molar-refractivity contribution in [2.45, 2.75) is 39.2 Å². The molecule has 1 aromatic rings.